The molecule has 98 valence electrons. The third kappa shape index (κ3) is 2.19. The predicted molar refractivity (Wildman–Crippen MR) is 68.1 cm³/mol. The predicted octanol–water partition coefficient (Wildman–Crippen LogP) is 1.42. The molecule has 0 saturated heterocycles. The fraction of sp³-hybridized carbons (Fsp3) is 0.500. The Morgan fingerprint density at radius 3 is 2.78 bits per heavy atom. The number of methoxy groups -OCH3 is 1. The molecule has 4 nitrogen and oxygen atoms in total. The number of ether oxygens (including phenoxy) is 1. The molecule has 2 rings (SSSR count). The third-order valence-electron chi connectivity index (χ3n) is 3.85. The van der Waals surface area contributed by atoms with Gasteiger partial charge in [0.25, 0.3) is 0 Å². The largest absolute Gasteiger partial charge is 0.388 e. The molecule has 1 aromatic rings. The number of aldehydes is 1. The van der Waals surface area contributed by atoms with Crippen LogP contribution in [0.5, 0.6) is 0 Å². The highest BCUT2D eigenvalue weighted by atomic mass is 16.5. The van der Waals surface area contributed by atoms with Gasteiger partial charge in [0.15, 0.2) is 5.72 Å². The van der Waals surface area contributed by atoms with Crippen molar-refractivity contribution in [2.24, 2.45) is 11.7 Å². The summed E-state index contributed by atoms with van der Waals surface area (Å²) >= 11 is 0. The van der Waals surface area contributed by atoms with Crippen LogP contribution in [0.2, 0.25) is 0 Å². The van der Waals surface area contributed by atoms with Gasteiger partial charge in [-0.25, -0.2) is 0 Å². The second-order valence-corrected chi connectivity index (χ2v) is 4.88. The van der Waals surface area contributed by atoms with Crippen LogP contribution in [-0.2, 0) is 10.5 Å². The first-order valence-electron chi connectivity index (χ1n) is 6.19. The molecule has 0 spiro atoms. The quantitative estimate of drug-likeness (QED) is 0.611. The van der Waals surface area contributed by atoms with Gasteiger partial charge >= 0.3 is 0 Å². The van der Waals surface area contributed by atoms with Crippen molar-refractivity contribution in [1.82, 2.24) is 0 Å². The molecular weight excluding hydrogens is 230 g/mol. The lowest BCUT2D eigenvalue weighted by atomic mass is 9.76. The Morgan fingerprint density at radius 2 is 2.28 bits per heavy atom. The van der Waals surface area contributed by atoms with Crippen LogP contribution >= 0.6 is 0 Å². The molecule has 1 fully saturated rings. The van der Waals surface area contributed by atoms with Gasteiger partial charge in [-0.2, -0.15) is 0 Å². The van der Waals surface area contributed by atoms with Crippen LogP contribution in [0.4, 0.5) is 0 Å². The first-order chi connectivity index (χ1) is 8.61. The van der Waals surface area contributed by atoms with Crippen LogP contribution in [0.25, 0.3) is 0 Å². The molecule has 1 aliphatic rings. The molecule has 18 heavy (non-hydrogen) atoms. The van der Waals surface area contributed by atoms with E-state index in [4.69, 9.17) is 10.5 Å². The lowest BCUT2D eigenvalue weighted by molar-refractivity contribution is -0.139. The zero-order valence-electron chi connectivity index (χ0n) is 10.5. The van der Waals surface area contributed by atoms with Crippen LogP contribution in [0.3, 0.4) is 0 Å². The molecule has 1 saturated carbocycles. The normalized spacial score (nSPS) is 20.8. The number of carbonyl (C=O) groups excluding carboxylic acids is 1. The SMILES string of the molecule is CO[C@@](N)(c1cccc(C=O)c1)[C@@H](O)C1CCC1. The van der Waals surface area contributed by atoms with Gasteiger partial charge in [-0.05, 0) is 24.8 Å². The summed E-state index contributed by atoms with van der Waals surface area (Å²) < 4.78 is 5.35. The number of hydrogen-bond donors (Lipinski definition) is 2. The summed E-state index contributed by atoms with van der Waals surface area (Å²) in [5.41, 5.74) is 6.12. The zero-order valence-corrected chi connectivity index (χ0v) is 10.5. The van der Waals surface area contributed by atoms with Crippen molar-refractivity contribution in [1.29, 1.82) is 0 Å². The molecule has 2 atom stereocenters. The Hall–Kier alpha value is -1.23. The number of carbonyl (C=O) groups is 1. The Bertz CT molecular complexity index is 431. The Labute approximate surface area is 107 Å². The van der Waals surface area contributed by atoms with E-state index in [0.29, 0.717) is 11.1 Å². The first-order valence-corrected chi connectivity index (χ1v) is 6.19. The van der Waals surface area contributed by atoms with E-state index >= 15 is 0 Å². The van der Waals surface area contributed by atoms with Crippen LogP contribution in [0.15, 0.2) is 24.3 Å². The van der Waals surface area contributed by atoms with Crippen molar-refractivity contribution >= 4 is 6.29 Å². The molecule has 0 unspecified atom stereocenters. The molecule has 0 bridgehead atoms. The smallest absolute Gasteiger partial charge is 0.168 e. The average molecular weight is 249 g/mol. The standard InChI is InChI=1S/C14H19NO3/c1-18-14(15,13(17)11-5-3-6-11)12-7-2-4-10(8-12)9-16/h2,4,7-9,11,13,17H,3,5-6,15H2,1H3/t13-,14-/m0/s1. The van der Waals surface area contributed by atoms with Crippen molar-refractivity contribution in [2.75, 3.05) is 7.11 Å². The van der Waals surface area contributed by atoms with E-state index in [2.05, 4.69) is 0 Å². The van der Waals surface area contributed by atoms with Crippen LogP contribution in [0.1, 0.15) is 35.2 Å². The number of hydrogen-bond acceptors (Lipinski definition) is 4. The Kier molecular flexibility index (Phi) is 3.80. The van der Waals surface area contributed by atoms with Crippen LogP contribution < -0.4 is 5.73 Å². The van der Waals surface area contributed by atoms with Gasteiger partial charge in [0.05, 0.1) is 0 Å². The molecule has 4 heteroatoms. The maximum Gasteiger partial charge on any atom is 0.168 e. The molecule has 0 heterocycles. The van der Waals surface area contributed by atoms with Crippen molar-refractivity contribution < 1.29 is 14.6 Å². The molecule has 1 aromatic carbocycles. The van der Waals surface area contributed by atoms with E-state index in [0.717, 1.165) is 25.5 Å². The minimum Gasteiger partial charge on any atom is -0.388 e. The van der Waals surface area contributed by atoms with Crippen molar-refractivity contribution in [2.45, 2.75) is 31.1 Å². The van der Waals surface area contributed by atoms with Crippen molar-refractivity contribution in [3.05, 3.63) is 35.4 Å². The fourth-order valence-electron chi connectivity index (χ4n) is 2.37. The number of rotatable bonds is 5. The van der Waals surface area contributed by atoms with Crippen LogP contribution in [-0.4, -0.2) is 24.6 Å². The first kappa shape index (κ1) is 13.2. The molecule has 1 aliphatic carbocycles. The molecule has 0 aliphatic heterocycles. The fourth-order valence-corrected chi connectivity index (χ4v) is 2.37. The van der Waals surface area contributed by atoms with Gasteiger partial charge in [-0.15, -0.1) is 0 Å². The maximum atomic E-state index is 10.8. The Balaban J connectivity index is 2.31. The minimum absolute atomic E-state index is 0.176. The monoisotopic (exact) mass is 249 g/mol. The van der Waals surface area contributed by atoms with Gasteiger partial charge in [-0.3, -0.25) is 10.5 Å². The average Bonchev–Trinajstić information content (AvgIpc) is 2.35. The van der Waals surface area contributed by atoms with Crippen LogP contribution in [0, 0.1) is 5.92 Å². The van der Waals surface area contributed by atoms with E-state index in [9.17, 15) is 9.90 Å². The highest BCUT2D eigenvalue weighted by Gasteiger charge is 2.42. The number of benzene rings is 1. The highest BCUT2D eigenvalue weighted by molar-refractivity contribution is 5.75. The summed E-state index contributed by atoms with van der Waals surface area (Å²) in [5, 5.41) is 10.4. The summed E-state index contributed by atoms with van der Waals surface area (Å²) in [4.78, 5) is 10.8. The maximum absolute atomic E-state index is 10.8. The Morgan fingerprint density at radius 1 is 1.56 bits per heavy atom. The van der Waals surface area contributed by atoms with Gasteiger partial charge in [-0.1, -0.05) is 24.6 Å². The summed E-state index contributed by atoms with van der Waals surface area (Å²) in [6.45, 7) is 0. The van der Waals surface area contributed by atoms with E-state index in [1.165, 1.54) is 7.11 Å². The van der Waals surface area contributed by atoms with Gasteiger partial charge in [0.1, 0.15) is 12.4 Å². The van der Waals surface area contributed by atoms with Crippen molar-refractivity contribution in [3.63, 3.8) is 0 Å². The van der Waals surface area contributed by atoms with Crippen molar-refractivity contribution in [3.8, 4) is 0 Å². The second-order valence-electron chi connectivity index (χ2n) is 4.88. The highest BCUT2D eigenvalue weighted by Crippen LogP contribution is 2.37. The summed E-state index contributed by atoms with van der Waals surface area (Å²) in [5.74, 6) is 0.176. The molecule has 0 aromatic heterocycles. The topological polar surface area (TPSA) is 72.5 Å². The second kappa shape index (κ2) is 5.18. The number of nitrogens with two attached hydrogens (primary N) is 1. The molecular formula is C14H19NO3. The summed E-state index contributed by atoms with van der Waals surface area (Å²) in [7, 11) is 1.48. The van der Waals surface area contributed by atoms with E-state index in [1.54, 1.807) is 24.3 Å². The third-order valence-corrected chi connectivity index (χ3v) is 3.85. The van der Waals surface area contributed by atoms with E-state index in [-0.39, 0.29) is 5.92 Å². The molecule has 0 amide bonds. The van der Waals surface area contributed by atoms with Gasteiger partial charge in [0.2, 0.25) is 0 Å². The molecule has 3 N–H and O–H groups in total. The van der Waals surface area contributed by atoms with Gasteiger partial charge < -0.3 is 9.84 Å². The van der Waals surface area contributed by atoms with E-state index in [1.807, 2.05) is 0 Å². The summed E-state index contributed by atoms with van der Waals surface area (Å²) in [6.07, 6.45) is 3.07. The lowest BCUT2D eigenvalue weighted by Crippen LogP contribution is -2.54. The minimum atomic E-state index is -1.25. The zero-order chi connectivity index (χ0) is 13.2. The number of aliphatic hydroxyl groups is 1. The lowest BCUT2D eigenvalue weighted by Gasteiger charge is -2.41. The number of aliphatic hydroxyl groups excluding tert-OH is 1. The summed E-state index contributed by atoms with van der Waals surface area (Å²) in [6, 6.07) is 6.88. The van der Waals surface area contributed by atoms with Gasteiger partial charge in [0, 0.05) is 18.2 Å². The molecule has 0 radical (unpaired) electrons. The van der Waals surface area contributed by atoms with E-state index < -0.39 is 11.8 Å².